The van der Waals surface area contributed by atoms with E-state index in [2.05, 4.69) is 4.98 Å². The number of carbonyl (C=O) groups excluding carboxylic acids is 3. The van der Waals surface area contributed by atoms with E-state index >= 15 is 0 Å². The summed E-state index contributed by atoms with van der Waals surface area (Å²) >= 11 is 0. The first-order chi connectivity index (χ1) is 25.4. The minimum Gasteiger partial charge on any atom is -0.869 e. The molecule has 342 valence electrons. The zero-order valence-corrected chi connectivity index (χ0v) is 30.9. The van der Waals surface area contributed by atoms with Crippen LogP contribution in [-0.2, 0) is 14.4 Å². The van der Waals surface area contributed by atoms with Crippen molar-refractivity contribution in [3.05, 3.63) is 69.5 Å². The molecule has 0 spiro atoms. The topological polar surface area (TPSA) is 189 Å². The number of hydrogen-bond acceptors (Lipinski definition) is 10. The Bertz CT molecular complexity index is 1680. The molecule has 0 amide bonds. The predicted octanol–water partition coefficient (Wildman–Crippen LogP) is 4.47. The van der Waals surface area contributed by atoms with E-state index in [0.717, 1.165) is 9.50 Å². The molecule has 2 rings (SSSR count). The SMILES string of the molecule is COc1cccc(C2=[N+]([O-])C(C)(C)C(C)(C)[N+]2=O)n1.O=C(/C=C(\[O-])C(F)(F)F)C(F)(F)F.O=C(/C=C(\[O-])C(F)(F)F)C(F)(F)F.O=C(/C=C(\[O-])C(F)(F)F)C(F)(F)F.[Er]. The van der Waals surface area contributed by atoms with Gasteiger partial charge in [-0.25, -0.2) is 0 Å². The molecule has 0 unspecified atom stereocenters. The van der Waals surface area contributed by atoms with Gasteiger partial charge in [-0.3, -0.25) is 14.4 Å². The van der Waals surface area contributed by atoms with Crippen molar-refractivity contribution in [1.29, 1.82) is 0 Å². The van der Waals surface area contributed by atoms with Gasteiger partial charge in [0, 0.05) is 76.0 Å². The summed E-state index contributed by atoms with van der Waals surface area (Å²) in [6, 6.07) is 5.00. The number of alkyl halides is 18. The van der Waals surface area contributed by atoms with Crippen LogP contribution < -0.4 is 20.1 Å². The van der Waals surface area contributed by atoms with Crippen LogP contribution in [0.2, 0.25) is 0 Å². The molecular weight excluding hydrogens is 1030 g/mol. The summed E-state index contributed by atoms with van der Waals surface area (Å²) in [4.78, 5) is 46.0. The van der Waals surface area contributed by atoms with Gasteiger partial charge in [0.25, 0.3) is 22.9 Å². The van der Waals surface area contributed by atoms with E-state index in [4.69, 9.17) is 4.74 Å². The van der Waals surface area contributed by atoms with E-state index in [1.54, 1.807) is 45.9 Å². The molecule has 0 saturated heterocycles. The first kappa shape index (κ1) is 59.0. The average molecular weight is 1050 g/mol. The van der Waals surface area contributed by atoms with Crippen molar-refractivity contribution in [3.8, 4) is 5.88 Å². The third-order valence-corrected chi connectivity index (χ3v) is 6.52. The third kappa shape index (κ3) is 18.2. The zero-order chi connectivity index (χ0) is 47.0. The number of hydroxylamine groups is 1. The number of ether oxygens (including phenoxy) is 1. The normalized spacial score (nSPS) is 16.3. The largest absolute Gasteiger partial charge is 0.869 e. The van der Waals surface area contributed by atoms with Crippen molar-refractivity contribution >= 4 is 23.2 Å². The van der Waals surface area contributed by atoms with E-state index in [-0.39, 0.29) is 43.1 Å². The quantitative estimate of drug-likeness (QED) is 0.134. The first-order valence-electron chi connectivity index (χ1n) is 13.9. The number of ketones is 3. The number of halogens is 18. The molecule has 0 N–H and O–H groups in total. The molecule has 31 heteroatoms. The summed E-state index contributed by atoms with van der Waals surface area (Å²) < 4.78 is 210. The predicted molar refractivity (Wildman–Crippen MR) is 146 cm³/mol. The second kappa shape index (κ2) is 20.7. The Morgan fingerprint density at radius 1 is 0.593 bits per heavy atom. The molecule has 12 nitrogen and oxygen atoms in total. The van der Waals surface area contributed by atoms with Gasteiger partial charge in [-0.1, -0.05) is 6.07 Å². The van der Waals surface area contributed by atoms with Crippen molar-refractivity contribution in [3.63, 3.8) is 0 Å². The second-order valence-corrected chi connectivity index (χ2v) is 11.2. The third-order valence-electron chi connectivity index (χ3n) is 6.52. The Kier molecular flexibility index (Phi) is 20.7. The fraction of sp³-hybridized carbons (Fsp3) is 0.464. The molecule has 0 saturated carbocycles. The van der Waals surface area contributed by atoms with Crippen LogP contribution in [0.25, 0.3) is 0 Å². The van der Waals surface area contributed by atoms with Gasteiger partial charge in [-0.2, -0.15) is 84.0 Å². The van der Waals surface area contributed by atoms with E-state index in [0.29, 0.717) is 11.6 Å². The standard InChI is InChI=1S/C13H18N3O3.3C5H2F6O2.Er/c1-12(2)13(3,4)16(18)11(15(12)17)9-7-6-8-10(14-9)19-5;3*6-4(7,8)2(12)1-3(13)5(9,10)11;/h6-8H,1-5H3;3*1,12H;/q+1;;;;/p-3/b;3*2-1-;. The van der Waals surface area contributed by atoms with Gasteiger partial charge in [-0.15, -0.1) is 4.74 Å². The van der Waals surface area contributed by atoms with E-state index in [9.17, 15) is 119 Å². The average Bonchev–Trinajstić information content (AvgIpc) is 3.14. The number of methoxy groups -OCH3 is 1. The molecule has 0 fully saturated rings. The van der Waals surface area contributed by atoms with Crippen molar-refractivity contribution in [2.45, 2.75) is 75.8 Å². The van der Waals surface area contributed by atoms with E-state index < -0.39 is 101 Å². The molecule has 0 radical (unpaired) electrons. The molecular formula is C28H21ErF18N3O9-2. The summed E-state index contributed by atoms with van der Waals surface area (Å²) in [5.41, 5.74) is -1.35. The fourth-order valence-electron chi connectivity index (χ4n) is 2.82. The summed E-state index contributed by atoms with van der Waals surface area (Å²) in [6.45, 7) is 6.99. The molecule has 0 aliphatic carbocycles. The van der Waals surface area contributed by atoms with E-state index in [1.807, 2.05) is 0 Å². The number of pyridine rings is 1. The van der Waals surface area contributed by atoms with Crippen LogP contribution in [0.3, 0.4) is 0 Å². The molecule has 0 atom stereocenters. The van der Waals surface area contributed by atoms with Crippen LogP contribution in [0.5, 0.6) is 5.88 Å². The van der Waals surface area contributed by atoms with Crippen LogP contribution in [0.15, 0.2) is 53.7 Å². The number of rotatable bonds is 5. The van der Waals surface area contributed by atoms with Crippen molar-refractivity contribution in [2.24, 2.45) is 0 Å². The Labute approximate surface area is 345 Å². The summed E-state index contributed by atoms with van der Waals surface area (Å²) in [7, 11) is 1.49. The van der Waals surface area contributed by atoms with Crippen LogP contribution >= 0.6 is 0 Å². The fourth-order valence-corrected chi connectivity index (χ4v) is 2.82. The summed E-state index contributed by atoms with van der Waals surface area (Å²) in [6.07, 6.45) is -35.8. The number of allylic oxidation sites excluding steroid dienone is 6. The maximum atomic E-state index is 12.4. The Morgan fingerprint density at radius 3 is 1.08 bits per heavy atom. The zero-order valence-electron chi connectivity index (χ0n) is 29.1. The van der Waals surface area contributed by atoms with Crippen molar-refractivity contribution in [1.82, 2.24) is 4.98 Å². The smallest absolute Gasteiger partial charge is 0.523 e. The van der Waals surface area contributed by atoms with Crippen molar-refractivity contribution < 1.29 is 160 Å². The number of nitrogens with zero attached hydrogens (tertiary/aromatic N) is 3. The molecule has 1 aliphatic heterocycles. The Hall–Kier alpha value is -4.36. The maximum Gasteiger partial charge on any atom is 0.523 e. The number of aromatic nitrogens is 1. The maximum absolute atomic E-state index is 12.4. The molecule has 1 aromatic heterocycles. The van der Waals surface area contributed by atoms with Gasteiger partial charge in [0.1, 0.15) is 4.76 Å². The van der Waals surface area contributed by atoms with Gasteiger partial charge in [-0.05, 0) is 41.6 Å². The Balaban J connectivity index is -0.000000718. The number of amidine groups is 1. The monoisotopic (exact) mass is 1050 g/mol. The van der Waals surface area contributed by atoms with Gasteiger partial charge in [0.15, 0.2) is 0 Å². The van der Waals surface area contributed by atoms with Gasteiger partial charge in [0.05, 0.1) is 7.11 Å². The van der Waals surface area contributed by atoms with Crippen LogP contribution in [0.1, 0.15) is 33.4 Å². The van der Waals surface area contributed by atoms with Crippen molar-refractivity contribution in [2.75, 3.05) is 7.11 Å². The minimum atomic E-state index is -5.46. The molecule has 1 aliphatic rings. The second-order valence-electron chi connectivity index (χ2n) is 11.2. The van der Waals surface area contributed by atoms with E-state index in [1.165, 1.54) is 7.11 Å². The molecule has 0 bridgehead atoms. The van der Waals surface area contributed by atoms with Crippen LogP contribution in [0, 0.1) is 47.4 Å². The van der Waals surface area contributed by atoms with Crippen LogP contribution in [-0.4, -0.2) is 92.9 Å². The van der Waals surface area contributed by atoms with Gasteiger partial charge < -0.3 is 25.3 Å². The summed E-state index contributed by atoms with van der Waals surface area (Å²) in [5.74, 6) is -16.6. The molecule has 0 aromatic carbocycles. The Morgan fingerprint density at radius 2 is 0.881 bits per heavy atom. The molecule has 2 heterocycles. The number of hydrogen-bond donors (Lipinski definition) is 0. The number of carbonyl (C=O) groups is 3. The summed E-state index contributed by atoms with van der Waals surface area (Å²) in [5, 5.41) is 41.9. The van der Waals surface area contributed by atoms with Crippen LogP contribution in [0.4, 0.5) is 79.0 Å². The molecule has 59 heavy (non-hydrogen) atoms. The first-order valence-corrected chi connectivity index (χ1v) is 13.9. The molecule has 1 aromatic rings. The minimum absolute atomic E-state index is 0. The van der Waals surface area contributed by atoms with Gasteiger partial charge in [0.2, 0.25) is 17.1 Å². The number of nitroso groups, excluding NO2 is 1. The van der Waals surface area contributed by atoms with Gasteiger partial charge >= 0.3 is 42.9 Å².